The Labute approximate surface area is 151 Å². The first kappa shape index (κ1) is 19.6. The van der Waals surface area contributed by atoms with Crippen LogP contribution in [0.15, 0.2) is 0 Å². The highest BCUT2D eigenvalue weighted by atomic mass is 32.3. The van der Waals surface area contributed by atoms with Crippen molar-refractivity contribution >= 4 is 32.9 Å². The molecule has 3 heterocycles. The van der Waals surface area contributed by atoms with Crippen LogP contribution >= 0.6 is 10.6 Å². The number of nitrogens with zero attached hydrogens (tertiary/aromatic N) is 2. The van der Waals surface area contributed by atoms with Gasteiger partial charge in [0.1, 0.15) is 6.04 Å². The van der Waals surface area contributed by atoms with E-state index in [4.69, 9.17) is 9.39 Å². The van der Waals surface area contributed by atoms with Crippen LogP contribution in [-0.4, -0.2) is 80.2 Å². The minimum Gasteiger partial charge on any atom is -0.309 e. The minimum atomic E-state index is -4.84. The van der Waals surface area contributed by atoms with E-state index in [1.54, 1.807) is 0 Å². The molecule has 0 aromatic rings. The molecule has 0 saturated carbocycles. The zero-order valence-electron chi connectivity index (χ0n) is 13.7. The first-order chi connectivity index (χ1) is 12.1. The van der Waals surface area contributed by atoms with E-state index in [1.165, 1.54) is 0 Å². The first-order valence-electron chi connectivity index (χ1n) is 8.02. The quantitative estimate of drug-likeness (QED) is 0.355. The van der Waals surface area contributed by atoms with Crippen molar-refractivity contribution < 1.29 is 40.8 Å². The molecule has 14 heteroatoms. The van der Waals surface area contributed by atoms with Crippen LogP contribution in [-0.2, 0) is 24.3 Å². The van der Waals surface area contributed by atoms with E-state index in [0.717, 1.165) is 4.90 Å². The van der Waals surface area contributed by atoms with Crippen molar-refractivity contribution in [1.82, 2.24) is 15.4 Å². The molecule has 26 heavy (non-hydrogen) atoms. The molecule has 150 valence electrons. The fourth-order valence-corrected chi connectivity index (χ4v) is 5.19. The van der Waals surface area contributed by atoms with Crippen LogP contribution in [0.1, 0.15) is 25.7 Å². The standard InChI is InChI=1S/C12H21N3O9S2/c16-11(13-23-9-3-5-25(18,19)6-4-9)10-2-1-8-7-14(10)12(17)15(8)24-26(20,21)22/h8-10,18-19H,1-7H2,(H,13,16)(H,20,21,22)/t8-,10+/m1/s1. The molecular formula is C12H21N3O9S2. The lowest BCUT2D eigenvalue weighted by molar-refractivity contribution is -0.144. The van der Waals surface area contributed by atoms with Crippen molar-refractivity contribution in [3.8, 4) is 0 Å². The average Bonchev–Trinajstić information content (AvgIpc) is 2.77. The second kappa shape index (κ2) is 7.10. The van der Waals surface area contributed by atoms with Gasteiger partial charge >= 0.3 is 16.4 Å². The maximum atomic E-state index is 12.3. The normalized spacial score (nSPS) is 30.3. The Hall–Kier alpha value is -1.16. The number of hydrogen-bond donors (Lipinski definition) is 4. The smallest absolute Gasteiger partial charge is 0.309 e. The summed E-state index contributed by atoms with van der Waals surface area (Å²) < 4.78 is 53.9. The molecule has 3 aliphatic heterocycles. The van der Waals surface area contributed by atoms with Crippen molar-refractivity contribution in [2.45, 2.75) is 43.9 Å². The Balaban J connectivity index is 1.54. The summed E-state index contributed by atoms with van der Waals surface area (Å²) in [5.74, 6) is -0.126. The van der Waals surface area contributed by atoms with Crippen molar-refractivity contribution in [2.24, 2.45) is 0 Å². The zero-order valence-corrected chi connectivity index (χ0v) is 15.3. The summed E-state index contributed by atoms with van der Waals surface area (Å²) in [6.45, 7) is 0.0940. The predicted molar refractivity (Wildman–Crippen MR) is 88.2 cm³/mol. The van der Waals surface area contributed by atoms with E-state index in [0.29, 0.717) is 24.3 Å². The number of urea groups is 1. The molecule has 0 unspecified atom stereocenters. The van der Waals surface area contributed by atoms with Gasteiger partial charge in [-0.2, -0.15) is 24.1 Å². The van der Waals surface area contributed by atoms with Gasteiger partial charge in [0.15, 0.2) is 0 Å². The Morgan fingerprint density at radius 1 is 1.19 bits per heavy atom. The van der Waals surface area contributed by atoms with Crippen molar-refractivity contribution in [2.75, 3.05) is 18.1 Å². The number of hydroxylamine groups is 3. The lowest BCUT2D eigenvalue weighted by Gasteiger charge is -2.38. The molecule has 2 atom stereocenters. The van der Waals surface area contributed by atoms with Gasteiger partial charge in [-0.1, -0.05) is 0 Å². The van der Waals surface area contributed by atoms with Gasteiger partial charge in [0, 0.05) is 18.1 Å². The van der Waals surface area contributed by atoms with Gasteiger partial charge in [-0.25, -0.2) is 10.3 Å². The van der Waals surface area contributed by atoms with Gasteiger partial charge in [0.05, 0.1) is 12.1 Å². The van der Waals surface area contributed by atoms with Crippen LogP contribution in [0.5, 0.6) is 0 Å². The lowest BCUT2D eigenvalue weighted by Crippen LogP contribution is -2.50. The van der Waals surface area contributed by atoms with Crippen molar-refractivity contribution in [1.29, 1.82) is 0 Å². The summed E-state index contributed by atoms with van der Waals surface area (Å²) >= 11 is 0. The van der Waals surface area contributed by atoms with Crippen LogP contribution < -0.4 is 5.48 Å². The summed E-state index contributed by atoms with van der Waals surface area (Å²) in [7, 11) is -7.38. The van der Waals surface area contributed by atoms with E-state index < -0.39 is 45.0 Å². The second-order valence-electron chi connectivity index (χ2n) is 6.50. The molecule has 3 saturated heterocycles. The van der Waals surface area contributed by atoms with Crippen molar-refractivity contribution in [3.05, 3.63) is 0 Å². The average molecular weight is 415 g/mol. The molecular weight excluding hydrogens is 394 g/mol. The fraction of sp³-hybridized carbons (Fsp3) is 0.833. The molecule has 3 fully saturated rings. The number of carbonyl (C=O) groups excluding carboxylic acids is 2. The number of rotatable bonds is 5. The van der Waals surface area contributed by atoms with Gasteiger partial charge in [0.2, 0.25) is 0 Å². The van der Waals surface area contributed by atoms with Crippen LogP contribution in [0.3, 0.4) is 0 Å². The Morgan fingerprint density at radius 3 is 2.46 bits per heavy atom. The molecule has 0 aromatic carbocycles. The largest absolute Gasteiger partial charge is 0.418 e. The first-order valence-corrected chi connectivity index (χ1v) is 11.3. The molecule has 0 spiro atoms. The number of amides is 3. The monoisotopic (exact) mass is 415 g/mol. The molecule has 0 radical (unpaired) electrons. The SMILES string of the molecule is O=C(NOC1CCS(O)(O)CC1)[C@@H]1CC[C@@H]2CN1C(=O)N2OS(=O)(=O)O. The van der Waals surface area contributed by atoms with E-state index in [-0.39, 0.29) is 30.6 Å². The zero-order chi connectivity index (χ0) is 19.1. The number of piperidine rings is 1. The summed E-state index contributed by atoms with van der Waals surface area (Å²) in [5, 5.41) is 0.565. The van der Waals surface area contributed by atoms with E-state index in [9.17, 15) is 27.1 Å². The van der Waals surface area contributed by atoms with Gasteiger partial charge in [-0.15, -0.1) is 4.28 Å². The molecule has 3 aliphatic rings. The number of fused-ring (bicyclic) bond motifs is 2. The van der Waals surface area contributed by atoms with Crippen LogP contribution in [0.2, 0.25) is 0 Å². The maximum absolute atomic E-state index is 12.3. The number of nitrogens with one attached hydrogen (secondary N) is 1. The van der Waals surface area contributed by atoms with Crippen LogP contribution in [0.4, 0.5) is 4.79 Å². The van der Waals surface area contributed by atoms with E-state index >= 15 is 0 Å². The summed E-state index contributed by atoms with van der Waals surface area (Å²) in [5.41, 5.74) is 2.30. The Kier molecular flexibility index (Phi) is 5.35. The third kappa shape index (κ3) is 4.39. The van der Waals surface area contributed by atoms with E-state index in [2.05, 4.69) is 9.76 Å². The maximum Gasteiger partial charge on any atom is 0.418 e. The van der Waals surface area contributed by atoms with Crippen LogP contribution in [0, 0.1) is 0 Å². The lowest BCUT2D eigenvalue weighted by atomic mass is 10.0. The predicted octanol–water partition coefficient (Wildman–Crippen LogP) is -0.0498. The van der Waals surface area contributed by atoms with E-state index in [1.807, 2.05) is 0 Å². The highest BCUT2D eigenvalue weighted by Crippen LogP contribution is 2.44. The van der Waals surface area contributed by atoms with Gasteiger partial charge in [-0.05, 0) is 25.7 Å². The molecule has 4 N–H and O–H groups in total. The molecule has 2 bridgehead atoms. The highest BCUT2D eigenvalue weighted by Gasteiger charge is 2.49. The number of carbonyl (C=O) groups is 2. The minimum absolute atomic E-state index is 0.0940. The van der Waals surface area contributed by atoms with Gasteiger partial charge < -0.3 is 4.90 Å². The van der Waals surface area contributed by atoms with Crippen LogP contribution in [0.25, 0.3) is 0 Å². The van der Waals surface area contributed by atoms with Crippen molar-refractivity contribution in [3.63, 3.8) is 0 Å². The molecule has 3 rings (SSSR count). The Bertz CT molecular complexity index is 675. The second-order valence-corrected chi connectivity index (χ2v) is 9.93. The third-order valence-corrected chi connectivity index (χ3v) is 6.79. The topological polar surface area (TPSA) is 166 Å². The summed E-state index contributed by atoms with van der Waals surface area (Å²) in [6, 6.07) is -2.24. The van der Waals surface area contributed by atoms with Gasteiger partial charge in [0.25, 0.3) is 5.91 Å². The third-order valence-electron chi connectivity index (χ3n) is 4.66. The molecule has 3 amide bonds. The molecule has 0 aliphatic carbocycles. The number of hydrogen-bond acceptors (Lipinski definition) is 8. The van der Waals surface area contributed by atoms with Gasteiger partial charge in [-0.3, -0.25) is 23.3 Å². The fourth-order valence-electron chi connectivity index (χ4n) is 3.32. The summed E-state index contributed by atoms with van der Waals surface area (Å²) in [6.07, 6.45) is 1.05. The highest BCUT2D eigenvalue weighted by molar-refractivity contribution is 8.24. The molecule has 0 aromatic heterocycles. The molecule has 12 nitrogen and oxygen atoms in total. The summed E-state index contributed by atoms with van der Waals surface area (Å²) in [4.78, 5) is 31.1. The Morgan fingerprint density at radius 2 is 1.85 bits per heavy atom.